The van der Waals surface area contributed by atoms with Gasteiger partial charge in [0.2, 0.25) is 0 Å². The molecule has 0 atom stereocenters. The molecule has 1 aliphatic rings. The van der Waals surface area contributed by atoms with Crippen LogP contribution in [0.15, 0.2) is 12.1 Å². The van der Waals surface area contributed by atoms with Gasteiger partial charge in [-0.05, 0) is 31.5 Å². The van der Waals surface area contributed by atoms with Crippen molar-refractivity contribution < 1.29 is 4.74 Å². The molecule has 1 saturated heterocycles. The lowest BCUT2D eigenvalue weighted by atomic mass is 10.1. The predicted octanol–water partition coefficient (Wildman–Crippen LogP) is 2.45. The van der Waals surface area contributed by atoms with Crippen LogP contribution >= 0.6 is 11.6 Å². The maximum absolute atomic E-state index is 6.15. The molecule has 1 aromatic rings. The molecule has 1 N–H and O–H groups in total. The van der Waals surface area contributed by atoms with Crippen molar-refractivity contribution in [1.82, 2.24) is 10.2 Å². The summed E-state index contributed by atoms with van der Waals surface area (Å²) in [6.45, 7) is 9.96. The van der Waals surface area contributed by atoms with Crippen LogP contribution in [0, 0.1) is 6.92 Å². The van der Waals surface area contributed by atoms with Gasteiger partial charge in [0, 0.05) is 43.3 Å². The van der Waals surface area contributed by atoms with Gasteiger partial charge in [0.15, 0.2) is 0 Å². The second-order valence-electron chi connectivity index (χ2n) is 4.67. The molecule has 1 heterocycles. The van der Waals surface area contributed by atoms with Crippen molar-refractivity contribution >= 4 is 11.6 Å². The Bertz CT molecular complexity index is 403. The summed E-state index contributed by atoms with van der Waals surface area (Å²) in [4.78, 5) is 2.43. The van der Waals surface area contributed by atoms with E-state index in [1.54, 1.807) is 0 Å². The summed E-state index contributed by atoms with van der Waals surface area (Å²) in [5.74, 6) is 1.00. The number of benzene rings is 1. The van der Waals surface area contributed by atoms with Crippen LogP contribution < -0.4 is 10.1 Å². The van der Waals surface area contributed by atoms with E-state index in [-0.39, 0.29) is 0 Å². The minimum Gasteiger partial charge on any atom is -0.493 e. The number of halogens is 1. The van der Waals surface area contributed by atoms with E-state index in [9.17, 15) is 0 Å². The Morgan fingerprint density at radius 1 is 1.33 bits per heavy atom. The summed E-state index contributed by atoms with van der Waals surface area (Å²) in [7, 11) is 0. The van der Waals surface area contributed by atoms with Crippen LogP contribution in [0.2, 0.25) is 5.02 Å². The fourth-order valence-corrected chi connectivity index (χ4v) is 2.67. The smallest absolute Gasteiger partial charge is 0.126 e. The third-order valence-corrected chi connectivity index (χ3v) is 3.43. The first kappa shape index (κ1) is 13.7. The average molecular weight is 269 g/mol. The van der Waals surface area contributed by atoms with Gasteiger partial charge in [0.1, 0.15) is 5.75 Å². The van der Waals surface area contributed by atoms with Crippen molar-refractivity contribution in [2.24, 2.45) is 0 Å². The first-order chi connectivity index (χ1) is 8.70. The summed E-state index contributed by atoms with van der Waals surface area (Å²) in [5, 5.41) is 4.16. The van der Waals surface area contributed by atoms with E-state index in [2.05, 4.69) is 17.1 Å². The number of nitrogens with one attached hydrogen (secondary N) is 1. The van der Waals surface area contributed by atoms with Crippen molar-refractivity contribution in [2.45, 2.75) is 20.4 Å². The molecule has 1 aromatic carbocycles. The molecule has 0 aliphatic carbocycles. The van der Waals surface area contributed by atoms with Gasteiger partial charge >= 0.3 is 0 Å². The Morgan fingerprint density at radius 2 is 2.06 bits per heavy atom. The molecule has 3 nitrogen and oxygen atoms in total. The van der Waals surface area contributed by atoms with Crippen molar-refractivity contribution in [2.75, 3.05) is 32.8 Å². The van der Waals surface area contributed by atoms with Crippen molar-refractivity contribution in [3.05, 3.63) is 28.3 Å². The molecule has 4 heteroatoms. The minimum atomic E-state index is 0.691. The maximum Gasteiger partial charge on any atom is 0.126 e. The minimum absolute atomic E-state index is 0.691. The van der Waals surface area contributed by atoms with E-state index in [4.69, 9.17) is 16.3 Å². The Balaban J connectivity index is 2.18. The highest BCUT2D eigenvalue weighted by Crippen LogP contribution is 2.29. The van der Waals surface area contributed by atoms with E-state index < -0.39 is 0 Å². The Kier molecular flexibility index (Phi) is 4.87. The second-order valence-corrected chi connectivity index (χ2v) is 5.11. The normalized spacial score (nSPS) is 16.8. The molecule has 0 saturated carbocycles. The number of rotatable bonds is 4. The van der Waals surface area contributed by atoms with E-state index in [0.717, 1.165) is 49.1 Å². The standard InChI is InChI=1S/C14H21ClN2O/c1-3-18-14-11(2)8-13(15)9-12(14)10-17-6-4-16-5-7-17/h8-9,16H,3-7,10H2,1-2H3. The summed E-state index contributed by atoms with van der Waals surface area (Å²) in [5.41, 5.74) is 2.32. The molecule has 1 aliphatic heterocycles. The highest BCUT2D eigenvalue weighted by Gasteiger charge is 2.15. The van der Waals surface area contributed by atoms with Gasteiger partial charge < -0.3 is 10.1 Å². The lowest BCUT2D eigenvalue weighted by molar-refractivity contribution is 0.228. The molecule has 0 spiro atoms. The van der Waals surface area contributed by atoms with Crippen LogP contribution in [-0.2, 0) is 6.54 Å². The van der Waals surface area contributed by atoms with Gasteiger partial charge in [-0.1, -0.05) is 11.6 Å². The zero-order chi connectivity index (χ0) is 13.0. The monoisotopic (exact) mass is 268 g/mol. The zero-order valence-corrected chi connectivity index (χ0v) is 11.9. The van der Waals surface area contributed by atoms with Crippen molar-refractivity contribution in [1.29, 1.82) is 0 Å². The van der Waals surface area contributed by atoms with E-state index in [0.29, 0.717) is 6.61 Å². The van der Waals surface area contributed by atoms with Crippen LogP contribution in [0.4, 0.5) is 0 Å². The molecular weight excluding hydrogens is 248 g/mol. The number of piperazine rings is 1. The van der Waals surface area contributed by atoms with Gasteiger partial charge in [-0.15, -0.1) is 0 Å². The summed E-state index contributed by atoms with van der Waals surface area (Å²) < 4.78 is 5.76. The number of nitrogens with zero attached hydrogens (tertiary/aromatic N) is 1. The molecule has 1 fully saturated rings. The molecule has 100 valence electrons. The Hall–Kier alpha value is -0.770. The SMILES string of the molecule is CCOc1c(C)cc(Cl)cc1CN1CCNCC1. The van der Waals surface area contributed by atoms with Gasteiger partial charge in [0.05, 0.1) is 6.61 Å². The Labute approximate surface area is 114 Å². The lowest BCUT2D eigenvalue weighted by Gasteiger charge is -2.28. The highest BCUT2D eigenvalue weighted by molar-refractivity contribution is 6.30. The summed E-state index contributed by atoms with van der Waals surface area (Å²) in [6.07, 6.45) is 0. The van der Waals surface area contributed by atoms with Gasteiger partial charge in [-0.25, -0.2) is 0 Å². The number of ether oxygens (including phenoxy) is 1. The molecule has 18 heavy (non-hydrogen) atoms. The van der Waals surface area contributed by atoms with Gasteiger partial charge in [-0.2, -0.15) is 0 Å². The maximum atomic E-state index is 6.15. The van der Waals surface area contributed by atoms with Crippen LogP contribution in [0.25, 0.3) is 0 Å². The van der Waals surface area contributed by atoms with Crippen molar-refractivity contribution in [3.63, 3.8) is 0 Å². The Morgan fingerprint density at radius 3 is 2.72 bits per heavy atom. The second kappa shape index (κ2) is 6.41. The summed E-state index contributed by atoms with van der Waals surface area (Å²) >= 11 is 6.15. The molecule has 0 radical (unpaired) electrons. The van der Waals surface area contributed by atoms with Crippen LogP contribution in [0.5, 0.6) is 5.75 Å². The molecule has 2 rings (SSSR count). The fourth-order valence-electron chi connectivity index (χ4n) is 2.38. The molecule has 0 aromatic heterocycles. The number of aryl methyl sites for hydroxylation is 1. The average Bonchev–Trinajstić information content (AvgIpc) is 2.35. The van der Waals surface area contributed by atoms with Gasteiger partial charge in [0.25, 0.3) is 0 Å². The first-order valence-corrected chi connectivity index (χ1v) is 6.93. The zero-order valence-electron chi connectivity index (χ0n) is 11.1. The number of hydrogen-bond donors (Lipinski definition) is 1. The van der Waals surface area contributed by atoms with E-state index >= 15 is 0 Å². The lowest BCUT2D eigenvalue weighted by Crippen LogP contribution is -2.42. The topological polar surface area (TPSA) is 24.5 Å². The van der Waals surface area contributed by atoms with Crippen LogP contribution in [-0.4, -0.2) is 37.7 Å². The predicted molar refractivity (Wildman–Crippen MR) is 75.5 cm³/mol. The van der Waals surface area contributed by atoms with Gasteiger partial charge in [-0.3, -0.25) is 4.90 Å². The highest BCUT2D eigenvalue weighted by atomic mass is 35.5. The summed E-state index contributed by atoms with van der Waals surface area (Å²) in [6, 6.07) is 4.00. The van der Waals surface area contributed by atoms with Crippen LogP contribution in [0.1, 0.15) is 18.1 Å². The fraction of sp³-hybridized carbons (Fsp3) is 0.571. The number of hydrogen-bond acceptors (Lipinski definition) is 3. The van der Waals surface area contributed by atoms with Crippen molar-refractivity contribution in [3.8, 4) is 5.75 Å². The molecule has 0 bridgehead atoms. The molecule has 0 unspecified atom stereocenters. The quantitative estimate of drug-likeness (QED) is 0.908. The van der Waals surface area contributed by atoms with Crippen LogP contribution in [0.3, 0.4) is 0 Å². The molecule has 0 amide bonds. The van der Waals surface area contributed by atoms with E-state index in [1.807, 2.05) is 19.1 Å². The largest absolute Gasteiger partial charge is 0.493 e. The first-order valence-electron chi connectivity index (χ1n) is 6.55. The van der Waals surface area contributed by atoms with E-state index in [1.165, 1.54) is 5.56 Å². The third-order valence-electron chi connectivity index (χ3n) is 3.21. The third kappa shape index (κ3) is 3.37. The molecular formula is C14H21ClN2O.